The lowest BCUT2D eigenvalue weighted by atomic mass is 9.83. The van der Waals surface area contributed by atoms with Gasteiger partial charge in [-0.3, -0.25) is 4.79 Å². The largest absolute Gasteiger partial charge is 0.301 e. The molecule has 0 aliphatic rings. The minimum absolute atomic E-state index is 0.253. The van der Waals surface area contributed by atoms with Crippen LogP contribution in [0, 0.1) is 23.7 Å². The predicted octanol–water partition coefficient (Wildman–Crippen LogP) is 3.44. The average Bonchev–Trinajstić information content (AvgIpc) is 2.72. The first-order valence-electron chi connectivity index (χ1n) is 5.77. The average molecular weight is 283 g/mol. The topological polar surface area (TPSA) is 65.8 Å². The summed E-state index contributed by atoms with van der Waals surface area (Å²) in [6, 6.07) is 2.13. The Morgan fingerprint density at radius 3 is 2.56 bits per heavy atom. The quantitative estimate of drug-likeness (QED) is 0.841. The molecular formula is C12H17N3OS2. The summed E-state index contributed by atoms with van der Waals surface area (Å²) >= 11 is 3.05. The zero-order valence-electron chi connectivity index (χ0n) is 11.0. The van der Waals surface area contributed by atoms with Gasteiger partial charge in [0.15, 0.2) is 5.13 Å². The summed E-state index contributed by atoms with van der Waals surface area (Å²) in [5.41, 5.74) is -0.0302. The summed E-state index contributed by atoms with van der Waals surface area (Å²) in [6.07, 6.45) is 2.99. The zero-order valence-corrected chi connectivity index (χ0v) is 12.7. The van der Waals surface area contributed by atoms with Gasteiger partial charge in [-0.15, -0.1) is 11.8 Å². The van der Waals surface area contributed by atoms with Crippen LogP contribution in [0.25, 0.3) is 0 Å². The van der Waals surface area contributed by atoms with Crippen molar-refractivity contribution < 1.29 is 4.79 Å². The molecule has 0 bridgehead atoms. The van der Waals surface area contributed by atoms with E-state index >= 15 is 0 Å². The van der Waals surface area contributed by atoms with Crippen molar-refractivity contribution in [3.8, 4) is 6.07 Å². The molecule has 1 N–H and O–H groups in total. The monoisotopic (exact) mass is 283 g/mol. The van der Waals surface area contributed by atoms with Gasteiger partial charge in [0.05, 0.1) is 16.0 Å². The molecule has 1 aromatic heterocycles. The smallest absolute Gasteiger partial charge is 0.246 e. The van der Waals surface area contributed by atoms with Gasteiger partial charge in [0, 0.05) is 0 Å². The van der Waals surface area contributed by atoms with Gasteiger partial charge in [-0.2, -0.15) is 5.26 Å². The van der Waals surface area contributed by atoms with Gasteiger partial charge in [-0.1, -0.05) is 25.2 Å². The standard InChI is InChI=1S/C12H17N3OS2/c1-5-12(6-2,7-13)10(16)15-11-14-8(3)9(17-4)18-11/h5-6H2,1-4H3,(H,14,15,16). The molecule has 1 heterocycles. The maximum absolute atomic E-state index is 12.2. The van der Waals surface area contributed by atoms with Crippen LogP contribution in [0.1, 0.15) is 32.4 Å². The number of aryl methyl sites for hydroxylation is 1. The molecular weight excluding hydrogens is 266 g/mol. The molecule has 0 aliphatic carbocycles. The highest BCUT2D eigenvalue weighted by molar-refractivity contribution is 8.00. The van der Waals surface area contributed by atoms with Crippen LogP contribution >= 0.6 is 23.1 Å². The molecule has 0 fully saturated rings. The number of nitrogens with zero attached hydrogens (tertiary/aromatic N) is 2. The van der Waals surface area contributed by atoms with E-state index < -0.39 is 5.41 Å². The highest BCUT2D eigenvalue weighted by Crippen LogP contribution is 2.32. The van der Waals surface area contributed by atoms with Crippen molar-refractivity contribution in [1.29, 1.82) is 5.26 Å². The number of nitriles is 1. The Bertz CT molecular complexity index is 472. The van der Waals surface area contributed by atoms with Crippen LogP contribution in [0.3, 0.4) is 0 Å². The predicted molar refractivity (Wildman–Crippen MR) is 75.9 cm³/mol. The Labute approximate surface area is 116 Å². The van der Waals surface area contributed by atoms with E-state index in [2.05, 4.69) is 16.4 Å². The zero-order chi connectivity index (χ0) is 13.8. The van der Waals surface area contributed by atoms with Crippen molar-refractivity contribution in [3.63, 3.8) is 0 Å². The number of carbonyl (C=O) groups is 1. The molecule has 0 saturated carbocycles. The lowest BCUT2D eigenvalue weighted by Crippen LogP contribution is -2.33. The van der Waals surface area contributed by atoms with E-state index in [1.165, 1.54) is 11.3 Å². The third-order valence-electron chi connectivity index (χ3n) is 3.02. The Morgan fingerprint density at radius 2 is 2.17 bits per heavy atom. The highest BCUT2D eigenvalue weighted by atomic mass is 32.2. The third-order valence-corrected chi connectivity index (χ3v) is 5.30. The summed E-state index contributed by atoms with van der Waals surface area (Å²) in [4.78, 5) is 16.5. The fourth-order valence-electron chi connectivity index (χ4n) is 1.62. The van der Waals surface area contributed by atoms with Gasteiger partial charge in [-0.05, 0) is 26.0 Å². The van der Waals surface area contributed by atoms with E-state index in [0.717, 1.165) is 9.90 Å². The van der Waals surface area contributed by atoms with Crippen molar-refractivity contribution in [1.82, 2.24) is 4.98 Å². The fraction of sp³-hybridized carbons (Fsp3) is 0.583. The van der Waals surface area contributed by atoms with Gasteiger partial charge in [0.2, 0.25) is 5.91 Å². The van der Waals surface area contributed by atoms with E-state index in [0.29, 0.717) is 18.0 Å². The van der Waals surface area contributed by atoms with Gasteiger partial charge in [0.1, 0.15) is 5.41 Å². The summed E-state index contributed by atoms with van der Waals surface area (Å²) in [5, 5.41) is 12.5. The summed E-state index contributed by atoms with van der Waals surface area (Å²) in [6.45, 7) is 5.62. The molecule has 0 saturated heterocycles. The molecule has 18 heavy (non-hydrogen) atoms. The normalized spacial score (nSPS) is 11.1. The number of hydrogen-bond acceptors (Lipinski definition) is 5. The van der Waals surface area contributed by atoms with Crippen LogP contribution in [-0.4, -0.2) is 17.1 Å². The fourth-order valence-corrected chi connectivity index (χ4v) is 3.23. The Morgan fingerprint density at radius 1 is 1.56 bits per heavy atom. The number of nitrogens with one attached hydrogen (secondary N) is 1. The second-order valence-corrected chi connectivity index (χ2v) is 6.03. The van der Waals surface area contributed by atoms with Crippen molar-refractivity contribution in [2.24, 2.45) is 5.41 Å². The molecule has 1 rings (SSSR count). The highest BCUT2D eigenvalue weighted by Gasteiger charge is 2.35. The molecule has 98 valence electrons. The number of hydrogen-bond donors (Lipinski definition) is 1. The number of anilines is 1. The van der Waals surface area contributed by atoms with Crippen LogP contribution in [0.4, 0.5) is 5.13 Å². The van der Waals surface area contributed by atoms with Crippen molar-refractivity contribution in [2.45, 2.75) is 37.8 Å². The number of thioether (sulfide) groups is 1. The molecule has 1 amide bonds. The molecule has 0 radical (unpaired) electrons. The Kier molecular flexibility index (Phi) is 5.17. The summed E-state index contributed by atoms with van der Waals surface area (Å²) in [5.74, 6) is -0.253. The molecule has 1 aromatic rings. The molecule has 0 aliphatic heterocycles. The van der Waals surface area contributed by atoms with Crippen molar-refractivity contribution in [2.75, 3.05) is 11.6 Å². The van der Waals surface area contributed by atoms with E-state index in [-0.39, 0.29) is 5.91 Å². The lowest BCUT2D eigenvalue weighted by molar-refractivity contribution is -0.123. The number of carbonyl (C=O) groups excluding carboxylic acids is 1. The van der Waals surface area contributed by atoms with Crippen LogP contribution < -0.4 is 5.32 Å². The third kappa shape index (κ3) is 2.85. The first-order valence-corrected chi connectivity index (χ1v) is 7.81. The van der Waals surface area contributed by atoms with E-state index in [4.69, 9.17) is 0 Å². The molecule has 0 aromatic carbocycles. The Balaban J connectivity index is 2.90. The van der Waals surface area contributed by atoms with Gasteiger partial charge in [0.25, 0.3) is 0 Å². The first-order chi connectivity index (χ1) is 8.52. The number of rotatable bonds is 5. The second kappa shape index (κ2) is 6.21. The first kappa shape index (κ1) is 15.0. The maximum atomic E-state index is 12.2. The molecule has 6 heteroatoms. The van der Waals surface area contributed by atoms with Crippen molar-refractivity contribution >= 4 is 34.1 Å². The SMILES string of the molecule is CCC(C#N)(CC)C(=O)Nc1nc(C)c(SC)s1. The summed E-state index contributed by atoms with van der Waals surface area (Å²) < 4.78 is 1.08. The lowest BCUT2D eigenvalue weighted by Gasteiger charge is -2.21. The Hall–Kier alpha value is -1.06. The maximum Gasteiger partial charge on any atom is 0.246 e. The second-order valence-electron chi connectivity index (χ2n) is 3.95. The van der Waals surface area contributed by atoms with E-state index in [9.17, 15) is 10.1 Å². The summed E-state index contributed by atoms with van der Waals surface area (Å²) in [7, 11) is 0. The minimum Gasteiger partial charge on any atom is -0.301 e. The van der Waals surface area contributed by atoms with E-state index in [1.807, 2.05) is 27.0 Å². The van der Waals surface area contributed by atoms with Gasteiger partial charge < -0.3 is 5.32 Å². The van der Waals surface area contributed by atoms with Gasteiger partial charge >= 0.3 is 0 Å². The van der Waals surface area contributed by atoms with Crippen LogP contribution in [0.5, 0.6) is 0 Å². The number of amides is 1. The van der Waals surface area contributed by atoms with Crippen LogP contribution in [0.15, 0.2) is 4.21 Å². The molecule has 0 spiro atoms. The molecule has 0 atom stereocenters. The number of aromatic nitrogens is 1. The molecule has 0 unspecified atom stereocenters. The number of thiazole rings is 1. The van der Waals surface area contributed by atoms with E-state index in [1.54, 1.807) is 11.8 Å². The van der Waals surface area contributed by atoms with Crippen molar-refractivity contribution in [3.05, 3.63) is 5.69 Å². The minimum atomic E-state index is -0.945. The molecule has 4 nitrogen and oxygen atoms in total. The van der Waals surface area contributed by atoms with Gasteiger partial charge in [-0.25, -0.2) is 4.98 Å². The van der Waals surface area contributed by atoms with Crippen LogP contribution in [0.2, 0.25) is 0 Å². The van der Waals surface area contributed by atoms with Crippen LogP contribution in [-0.2, 0) is 4.79 Å².